The fourth-order valence-corrected chi connectivity index (χ4v) is 4.89. The molecule has 3 aromatic carbocycles. The van der Waals surface area contributed by atoms with Crippen molar-refractivity contribution in [1.29, 1.82) is 0 Å². The highest BCUT2D eigenvalue weighted by molar-refractivity contribution is 5.97. The van der Waals surface area contributed by atoms with Crippen LogP contribution in [0.1, 0.15) is 42.1 Å². The van der Waals surface area contributed by atoms with Crippen molar-refractivity contribution in [3.05, 3.63) is 89.7 Å². The van der Waals surface area contributed by atoms with Crippen molar-refractivity contribution < 1.29 is 9.53 Å². The van der Waals surface area contributed by atoms with Gasteiger partial charge in [-0.05, 0) is 62.1 Å². The van der Waals surface area contributed by atoms with Crippen molar-refractivity contribution in [2.45, 2.75) is 45.6 Å². The molecule has 1 aliphatic rings. The number of aromatic nitrogens is 2. The molecule has 0 N–H and O–H groups in total. The van der Waals surface area contributed by atoms with Gasteiger partial charge in [-0.1, -0.05) is 48.5 Å². The first-order valence-electron chi connectivity index (χ1n) is 12.1. The van der Waals surface area contributed by atoms with Crippen LogP contribution in [0.15, 0.2) is 72.8 Å². The largest absolute Gasteiger partial charge is 0.493 e. The summed E-state index contributed by atoms with van der Waals surface area (Å²) in [5, 5.41) is 0. The molecule has 1 fully saturated rings. The van der Waals surface area contributed by atoms with E-state index in [1.807, 2.05) is 47.4 Å². The molecule has 5 rings (SSSR count). The zero-order valence-corrected chi connectivity index (χ0v) is 19.9. The van der Waals surface area contributed by atoms with Gasteiger partial charge in [-0.2, -0.15) is 0 Å². The fraction of sp³-hybridized carbons (Fsp3) is 0.310. The molecule has 5 heteroatoms. The van der Waals surface area contributed by atoms with Gasteiger partial charge in [-0.3, -0.25) is 4.79 Å². The van der Waals surface area contributed by atoms with Gasteiger partial charge in [0.1, 0.15) is 11.6 Å². The Labute approximate surface area is 201 Å². The van der Waals surface area contributed by atoms with Gasteiger partial charge in [0.2, 0.25) is 5.91 Å². The quantitative estimate of drug-likeness (QED) is 0.306. The first kappa shape index (κ1) is 22.2. The number of aryl methyl sites for hydroxylation is 3. The molecule has 5 nitrogen and oxygen atoms in total. The second-order valence-corrected chi connectivity index (χ2v) is 9.12. The van der Waals surface area contributed by atoms with Crippen LogP contribution in [0.25, 0.3) is 11.0 Å². The average Bonchev–Trinajstić information content (AvgIpc) is 3.41. The summed E-state index contributed by atoms with van der Waals surface area (Å²) in [6, 6.07) is 24.5. The Balaban J connectivity index is 1.31. The Kier molecular flexibility index (Phi) is 6.35. The van der Waals surface area contributed by atoms with Crippen molar-refractivity contribution in [3.8, 4) is 5.75 Å². The number of carbonyl (C=O) groups is 1. The van der Waals surface area contributed by atoms with Crippen molar-refractivity contribution >= 4 is 22.6 Å². The van der Waals surface area contributed by atoms with Crippen LogP contribution < -0.4 is 9.64 Å². The minimum atomic E-state index is 0.0859. The lowest BCUT2D eigenvalue weighted by Gasteiger charge is -2.19. The van der Waals surface area contributed by atoms with Crippen LogP contribution in [0.3, 0.4) is 0 Å². The number of carbonyl (C=O) groups excluding carboxylic acids is 1. The molecule has 1 aromatic heterocycles. The van der Waals surface area contributed by atoms with E-state index in [4.69, 9.17) is 9.72 Å². The molecule has 4 aromatic rings. The highest BCUT2D eigenvalue weighted by Crippen LogP contribution is 2.34. The molecule has 2 heterocycles. The SMILES string of the molecule is Cc1ccccc1OCCCCn1c(C2CC(=O)N(c3ccccc3C)C2)nc2ccccc21. The summed E-state index contributed by atoms with van der Waals surface area (Å²) in [6.07, 6.45) is 2.44. The predicted octanol–water partition coefficient (Wildman–Crippen LogP) is 6.03. The van der Waals surface area contributed by atoms with E-state index in [1.54, 1.807) is 0 Å². The maximum Gasteiger partial charge on any atom is 0.227 e. The van der Waals surface area contributed by atoms with Crippen LogP contribution in [0.4, 0.5) is 5.69 Å². The Morgan fingerprint density at radius 2 is 1.65 bits per heavy atom. The van der Waals surface area contributed by atoms with Crippen molar-refractivity contribution in [2.75, 3.05) is 18.1 Å². The van der Waals surface area contributed by atoms with E-state index in [-0.39, 0.29) is 11.8 Å². The summed E-state index contributed by atoms with van der Waals surface area (Å²) in [6.45, 7) is 6.35. The maximum atomic E-state index is 13.0. The summed E-state index contributed by atoms with van der Waals surface area (Å²) in [5.41, 5.74) is 5.42. The second-order valence-electron chi connectivity index (χ2n) is 9.12. The molecule has 1 atom stereocenters. The highest BCUT2D eigenvalue weighted by atomic mass is 16.5. The summed E-state index contributed by atoms with van der Waals surface area (Å²) < 4.78 is 8.31. The lowest BCUT2D eigenvalue weighted by atomic mass is 10.1. The molecule has 0 saturated carbocycles. The van der Waals surface area contributed by atoms with E-state index < -0.39 is 0 Å². The molecule has 34 heavy (non-hydrogen) atoms. The van der Waals surface area contributed by atoms with Crippen LogP contribution >= 0.6 is 0 Å². The Bertz CT molecular complexity index is 1310. The number of anilines is 1. The number of fused-ring (bicyclic) bond motifs is 1. The minimum Gasteiger partial charge on any atom is -0.493 e. The number of imidazole rings is 1. The number of unbranched alkanes of at least 4 members (excludes halogenated alkanes) is 1. The number of para-hydroxylation sites is 4. The molecule has 0 bridgehead atoms. The molecule has 0 aliphatic carbocycles. The number of hydrogen-bond donors (Lipinski definition) is 0. The summed E-state index contributed by atoms with van der Waals surface area (Å²) in [4.78, 5) is 19.9. The normalized spacial score (nSPS) is 15.9. The number of hydrogen-bond acceptors (Lipinski definition) is 3. The van der Waals surface area contributed by atoms with E-state index in [2.05, 4.69) is 48.7 Å². The van der Waals surface area contributed by atoms with E-state index in [1.165, 1.54) is 0 Å². The van der Waals surface area contributed by atoms with Gasteiger partial charge < -0.3 is 14.2 Å². The van der Waals surface area contributed by atoms with Crippen LogP contribution in [0.5, 0.6) is 5.75 Å². The Hall–Kier alpha value is -3.60. The molecule has 174 valence electrons. The zero-order valence-electron chi connectivity index (χ0n) is 19.9. The molecule has 1 unspecified atom stereocenters. The number of benzene rings is 3. The van der Waals surface area contributed by atoms with Crippen LogP contribution in [-0.2, 0) is 11.3 Å². The van der Waals surface area contributed by atoms with Crippen molar-refractivity contribution in [3.63, 3.8) is 0 Å². The summed E-state index contributed by atoms with van der Waals surface area (Å²) >= 11 is 0. The zero-order chi connectivity index (χ0) is 23.5. The van der Waals surface area contributed by atoms with Gasteiger partial charge in [0.15, 0.2) is 0 Å². The van der Waals surface area contributed by atoms with Gasteiger partial charge in [0.25, 0.3) is 0 Å². The first-order chi connectivity index (χ1) is 16.6. The fourth-order valence-electron chi connectivity index (χ4n) is 4.89. The first-order valence-corrected chi connectivity index (χ1v) is 12.1. The van der Waals surface area contributed by atoms with Gasteiger partial charge in [-0.15, -0.1) is 0 Å². The van der Waals surface area contributed by atoms with Gasteiger partial charge >= 0.3 is 0 Å². The number of amides is 1. The summed E-state index contributed by atoms with van der Waals surface area (Å²) in [5.74, 6) is 2.23. The standard InChI is InChI=1S/C29H31N3O2/c1-21-11-3-6-14-25(21)32-20-23(19-28(32)33)29-30-24-13-5-7-15-26(24)31(29)17-9-10-18-34-27-16-8-4-12-22(27)2/h3-8,11-16,23H,9-10,17-20H2,1-2H3. The summed E-state index contributed by atoms with van der Waals surface area (Å²) in [7, 11) is 0. The van der Waals surface area contributed by atoms with Crippen molar-refractivity contribution in [1.82, 2.24) is 9.55 Å². The van der Waals surface area contributed by atoms with E-state index in [0.717, 1.165) is 58.8 Å². The molecular formula is C29H31N3O2. The van der Waals surface area contributed by atoms with Crippen LogP contribution in [0.2, 0.25) is 0 Å². The van der Waals surface area contributed by atoms with Crippen molar-refractivity contribution in [2.24, 2.45) is 0 Å². The topological polar surface area (TPSA) is 47.4 Å². The van der Waals surface area contributed by atoms with E-state index in [0.29, 0.717) is 19.6 Å². The third-order valence-corrected chi connectivity index (χ3v) is 6.71. The molecule has 1 amide bonds. The second kappa shape index (κ2) is 9.72. The van der Waals surface area contributed by atoms with E-state index in [9.17, 15) is 4.79 Å². The van der Waals surface area contributed by atoms with Crippen LogP contribution in [0, 0.1) is 13.8 Å². The monoisotopic (exact) mass is 453 g/mol. The smallest absolute Gasteiger partial charge is 0.227 e. The minimum absolute atomic E-state index is 0.0859. The van der Waals surface area contributed by atoms with Crippen LogP contribution in [-0.4, -0.2) is 28.6 Å². The van der Waals surface area contributed by atoms with E-state index >= 15 is 0 Å². The van der Waals surface area contributed by atoms with Gasteiger partial charge in [-0.25, -0.2) is 4.98 Å². The average molecular weight is 454 g/mol. The molecule has 0 spiro atoms. The number of ether oxygens (including phenoxy) is 1. The number of rotatable bonds is 8. The maximum absolute atomic E-state index is 13.0. The third-order valence-electron chi connectivity index (χ3n) is 6.71. The number of nitrogens with zero attached hydrogens (tertiary/aromatic N) is 3. The Morgan fingerprint density at radius 3 is 2.47 bits per heavy atom. The Morgan fingerprint density at radius 1 is 0.912 bits per heavy atom. The molecule has 0 radical (unpaired) electrons. The lowest BCUT2D eigenvalue weighted by molar-refractivity contribution is -0.117. The molecular weight excluding hydrogens is 422 g/mol. The third kappa shape index (κ3) is 4.43. The lowest BCUT2D eigenvalue weighted by Crippen LogP contribution is -2.25. The van der Waals surface area contributed by atoms with Gasteiger partial charge in [0.05, 0.1) is 17.6 Å². The predicted molar refractivity (Wildman–Crippen MR) is 137 cm³/mol. The molecule has 1 aliphatic heterocycles. The van der Waals surface area contributed by atoms with Gasteiger partial charge in [0, 0.05) is 31.1 Å². The highest BCUT2D eigenvalue weighted by Gasteiger charge is 2.35. The molecule has 1 saturated heterocycles.